The van der Waals surface area contributed by atoms with E-state index in [0.29, 0.717) is 13.1 Å². The Kier molecular flexibility index (Phi) is 3.21. The summed E-state index contributed by atoms with van der Waals surface area (Å²) in [6.45, 7) is 7.42. The van der Waals surface area contributed by atoms with Gasteiger partial charge in [0.15, 0.2) is 0 Å². The number of nitrogens with zero attached hydrogens (tertiary/aromatic N) is 6. The van der Waals surface area contributed by atoms with Crippen LogP contribution < -0.4 is 5.73 Å². The Morgan fingerprint density at radius 2 is 2.10 bits per heavy atom. The first-order valence-corrected chi connectivity index (χ1v) is 6.90. The summed E-state index contributed by atoms with van der Waals surface area (Å²) in [7, 11) is 0. The molecule has 0 fully saturated rings. The molecule has 0 saturated carbocycles. The standard InChI is InChI=1S/C14H19N7/c1-14(2,3)21-12-4-5-16-7-11(12)17-13(21)9-20-8-10(6-15)18-19-20/h4-5,7-8H,6,9,15H2,1-3H3. The minimum atomic E-state index is -0.0806. The predicted octanol–water partition coefficient (Wildman–Crippen LogP) is 1.28. The average molecular weight is 285 g/mol. The Morgan fingerprint density at radius 1 is 1.29 bits per heavy atom. The van der Waals surface area contributed by atoms with Crippen LogP contribution in [0.3, 0.4) is 0 Å². The SMILES string of the molecule is CC(C)(C)n1c(Cn2cc(CN)nn2)nc2cnccc21. The summed E-state index contributed by atoms with van der Waals surface area (Å²) in [5.41, 5.74) is 8.23. The van der Waals surface area contributed by atoms with E-state index in [0.717, 1.165) is 22.6 Å². The number of nitrogens with two attached hydrogens (primary N) is 1. The first kappa shape index (κ1) is 13.7. The third-order valence-electron chi connectivity index (χ3n) is 3.30. The summed E-state index contributed by atoms with van der Waals surface area (Å²) in [6.07, 6.45) is 5.43. The largest absolute Gasteiger partial charge is 0.325 e. The lowest BCUT2D eigenvalue weighted by Crippen LogP contribution is -2.25. The molecule has 3 heterocycles. The second-order valence-corrected chi connectivity index (χ2v) is 6.01. The molecule has 7 nitrogen and oxygen atoms in total. The van der Waals surface area contributed by atoms with E-state index in [4.69, 9.17) is 10.7 Å². The molecule has 0 atom stereocenters. The number of imidazole rings is 1. The van der Waals surface area contributed by atoms with Gasteiger partial charge in [-0.3, -0.25) is 4.98 Å². The second kappa shape index (κ2) is 4.92. The van der Waals surface area contributed by atoms with Crippen molar-refractivity contribution in [1.29, 1.82) is 0 Å². The maximum Gasteiger partial charge on any atom is 0.132 e. The van der Waals surface area contributed by atoms with Gasteiger partial charge in [-0.1, -0.05) is 5.21 Å². The van der Waals surface area contributed by atoms with Crippen LogP contribution in [-0.2, 0) is 18.6 Å². The summed E-state index contributed by atoms with van der Waals surface area (Å²) in [5.74, 6) is 0.930. The highest BCUT2D eigenvalue weighted by Crippen LogP contribution is 2.24. The van der Waals surface area contributed by atoms with Crippen molar-refractivity contribution in [3.05, 3.63) is 36.2 Å². The molecule has 0 aliphatic carbocycles. The van der Waals surface area contributed by atoms with Gasteiger partial charge < -0.3 is 10.3 Å². The van der Waals surface area contributed by atoms with E-state index in [1.165, 1.54) is 0 Å². The van der Waals surface area contributed by atoms with Gasteiger partial charge in [0.05, 0.1) is 23.6 Å². The number of aromatic nitrogens is 6. The van der Waals surface area contributed by atoms with Crippen molar-refractivity contribution in [3.63, 3.8) is 0 Å². The first-order valence-electron chi connectivity index (χ1n) is 6.90. The third-order valence-corrected chi connectivity index (χ3v) is 3.30. The zero-order valence-electron chi connectivity index (χ0n) is 12.5. The number of rotatable bonds is 3. The highest BCUT2D eigenvalue weighted by atomic mass is 15.4. The van der Waals surface area contributed by atoms with E-state index >= 15 is 0 Å². The molecule has 3 aromatic heterocycles. The van der Waals surface area contributed by atoms with Gasteiger partial charge in [-0.25, -0.2) is 9.67 Å². The smallest absolute Gasteiger partial charge is 0.132 e. The number of hydrogen-bond acceptors (Lipinski definition) is 5. The lowest BCUT2D eigenvalue weighted by molar-refractivity contribution is 0.387. The molecule has 3 rings (SSSR count). The van der Waals surface area contributed by atoms with E-state index in [9.17, 15) is 0 Å². The van der Waals surface area contributed by atoms with Crippen molar-refractivity contribution in [3.8, 4) is 0 Å². The molecule has 2 N–H and O–H groups in total. The van der Waals surface area contributed by atoms with Crippen LogP contribution >= 0.6 is 0 Å². The Labute approximate surface area is 122 Å². The lowest BCUT2D eigenvalue weighted by Gasteiger charge is -2.24. The Balaban J connectivity index is 2.08. The molecule has 0 radical (unpaired) electrons. The molecule has 21 heavy (non-hydrogen) atoms. The van der Waals surface area contributed by atoms with E-state index in [1.54, 1.807) is 17.1 Å². The van der Waals surface area contributed by atoms with Crippen LogP contribution in [0.5, 0.6) is 0 Å². The van der Waals surface area contributed by atoms with Gasteiger partial charge in [-0.2, -0.15) is 0 Å². The molecule has 7 heteroatoms. The van der Waals surface area contributed by atoms with E-state index in [-0.39, 0.29) is 5.54 Å². The van der Waals surface area contributed by atoms with E-state index < -0.39 is 0 Å². The van der Waals surface area contributed by atoms with Gasteiger partial charge in [-0.05, 0) is 26.8 Å². The molecule has 0 amide bonds. The quantitative estimate of drug-likeness (QED) is 0.783. The van der Waals surface area contributed by atoms with Crippen molar-refractivity contribution < 1.29 is 0 Å². The topological polar surface area (TPSA) is 87.4 Å². The van der Waals surface area contributed by atoms with Crippen molar-refractivity contribution in [2.75, 3.05) is 0 Å². The Morgan fingerprint density at radius 3 is 2.76 bits per heavy atom. The summed E-state index contributed by atoms with van der Waals surface area (Å²) < 4.78 is 3.98. The van der Waals surface area contributed by atoms with Crippen LogP contribution in [0.15, 0.2) is 24.7 Å². The minimum absolute atomic E-state index is 0.0806. The summed E-state index contributed by atoms with van der Waals surface area (Å²) in [6, 6.07) is 1.99. The zero-order chi connectivity index (χ0) is 15.0. The van der Waals surface area contributed by atoms with Crippen molar-refractivity contribution in [2.45, 2.75) is 39.4 Å². The van der Waals surface area contributed by atoms with Crippen LogP contribution in [0.2, 0.25) is 0 Å². The van der Waals surface area contributed by atoms with Crippen molar-refractivity contribution in [1.82, 2.24) is 29.5 Å². The van der Waals surface area contributed by atoms with Gasteiger partial charge in [0.25, 0.3) is 0 Å². The third kappa shape index (κ3) is 2.52. The van der Waals surface area contributed by atoms with E-state index in [2.05, 4.69) is 40.6 Å². The van der Waals surface area contributed by atoms with Gasteiger partial charge in [0, 0.05) is 18.3 Å². The maximum absolute atomic E-state index is 5.57. The first-order chi connectivity index (χ1) is 9.99. The summed E-state index contributed by atoms with van der Waals surface area (Å²) in [5, 5.41) is 8.11. The molecule has 0 unspecified atom stereocenters. The highest BCUT2D eigenvalue weighted by Gasteiger charge is 2.21. The van der Waals surface area contributed by atoms with Crippen LogP contribution in [0.4, 0.5) is 0 Å². The van der Waals surface area contributed by atoms with Gasteiger partial charge in [-0.15, -0.1) is 5.10 Å². The fourth-order valence-electron chi connectivity index (χ4n) is 2.49. The molecular formula is C14H19N7. The number of hydrogen-bond donors (Lipinski definition) is 1. The normalized spacial score (nSPS) is 12.2. The van der Waals surface area contributed by atoms with Crippen LogP contribution in [-0.4, -0.2) is 29.5 Å². The van der Waals surface area contributed by atoms with Crippen LogP contribution in [0.1, 0.15) is 32.3 Å². The molecule has 0 aliphatic rings. The van der Waals surface area contributed by atoms with Crippen LogP contribution in [0, 0.1) is 0 Å². The molecule has 0 saturated heterocycles. The summed E-state index contributed by atoms with van der Waals surface area (Å²) in [4.78, 5) is 8.84. The number of pyridine rings is 1. The van der Waals surface area contributed by atoms with Gasteiger partial charge in [0.2, 0.25) is 0 Å². The Bertz CT molecular complexity index is 763. The second-order valence-electron chi connectivity index (χ2n) is 6.01. The van der Waals surface area contributed by atoms with Crippen LogP contribution in [0.25, 0.3) is 11.0 Å². The minimum Gasteiger partial charge on any atom is -0.325 e. The zero-order valence-corrected chi connectivity index (χ0v) is 12.5. The molecule has 0 aromatic carbocycles. The monoisotopic (exact) mass is 285 g/mol. The molecule has 110 valence electrons. The van der Waals surface area contributed by atoms with Crippen molar-refractivity contribution >= 4 is 11.0 Å². The van der Waals surface area contributed by atoms with E-state index in [1.807, 2.05) is 12.3 Å². The maximum atomic E-state index is 5.57. The molecule has 0 aliphatic heterocycles. The molecule has 0 spiro atoms. The molecule has 3 aromatic rings. The highest BCUT2D eigenvalue weighted by molar-refractivity contribution is 5.75. The Hall–Kier alpha value is -2.28. The van der Waals surface area contributed by atoms with Gasteiger partial charge >= 0.3 is 0 Å². The molecule has 0 bridgehead atoms. The number of fused-ring (bicyclic) bond motifs is 1. The predicted molar refractivity (Wildman–Crippen MR) is 79.5 cm³/mol. The fraction of sp³-hybridized carbons (Fsp3) is 0.429. The fourth-order valence-corrected chi connectivity index (χ4v) is 2.49. The lowest BCUT2D eigenvalue weighted by atomic mass is 10.1. The van der Waals surface area contributed by atoms with Crippen molar-refractivity contribution in [2.24, 2.45) is 5.73 Å². The molecular weight excluding hydrogens is 266 g/mol. The average Bonchev–Trinajstić information content (AvgIpc) is 3.01. The summed E-state index contributed by atoms with van der Waals surface area (Å²) >= 11 is 0. The van der Waals surface area contributed by atoms with Gasteiger partial charge in [0.1, 0.15) is 17.9 Å².